The molecule has 1 unspecified atom stereocenters. The molecule has 0 aliphatic carbocycles. The van der Waals surface area contributed by atoms with E-state index in [0.29, 0.717) is 13.2 Å². The van der Waals surface area contributed by atoms with Crippen molar-refractivity contribution in [3.63, 3.8) is 0 Å². The predicted molar refractivity (Wildman–Crippen MR) is 73.7 cm³/mol. The predicted octanol–water partition coefficient (Wildman–Crippen LogP) is 2.57. The number of nitro benzene ring substituents is 1. The molecule has 0 amide bonds. The van der Waals surface area contributed by atoms with Crippen LogP contribution in [-0.4, -0.2) is 29.3 Å². The van der Waals surface area contributed by atoms with Gasteiger partial charge in [0.2, 0.25) is 0 Å². The smallest absolute Gasteiger partial charge is 0.311 e. The molecule has 106 valence electrons. The topological polar surface area (TPSA) is 84.6 Å². The molecule has 6 heteroatoms. The number of aliphatic hydroxyl groups is 1. The minimum Gasteiger partial charge on any atom is -0.487 e. The average molecular weight is 268 g/mol. The summed E-state index contributed by atoms with van der Waals surface area (Å²) in [6.07, 6.45) is 1.24. The first-order chi connectivity index (χ1) is 9.04. The monoisotopic (exact) mass is 268 g/mol. The fourth-order valence-corrected chi connectivity index (χ4v) is 1.68. The summed E-state index contributed by atoms with van der Waals surface area (Å²) in [5.41, 5.74) is 0.746. The van der Waals surface area contributed by atoms with Crippen LogP contribution in [0.25, 0.3) is 0 Å². The van der Waals surface area contributed by atoms with Crippen molar-refractivity contribution in [2.45, 2.75) is 32.8 Å². The molecule has 0 aliphatic heterocycles. The van der Waals surface area contributed by atoms with Gasteiger partial charge in [0.05, 0.1) is 17.6 Å². The van der Waals surface area contributed by atoms with Gasteiger partial charge in [0.25, 0.3) is 0 Å². The highest BCUT2D eigenvalue weighted by Crippen LogP contribution is 2.30. The zero-order valence-electron chi connectivity index (χ0n) is 11.3. The van der Waals surface area contributed by atoms with Crippen LogP contribution in [0.4, 0.5) is 11.4 Å². The summed E-state index contributed by atoms with van der Waals surface area (Å²) in [7, 11) is 0. The molecule has 6 nitrogen and oxygen atoms in total. The van der Waals surface area contributed by atoms with Crippen LogP contribution >= 0.6 is 0 Å². The van der Waals surface area contributed by atoms with Crippen molar-refractivity contribution in [2.24, 2.45) is 0 Å². The molecular formula is C13H20N2O4. The maximum absolute atomic E-state index is 10.8. The minimum atomic E-state index is -0.456. The van der Waals surface area contributed by atoms with Gasteiger partial charge in [-0.2, -0.15) is 0 Å². The van der Waals surface area contributed by atoms with Crippen LogP contribution in [0.3, 0.4) is 0 Å². The lowest BCUT2D eigenvalue weighted by molar-refractivity contribution is -0.385. The number of nitrogens with one attached hydrogen (secondary N) is 1. The fourth-order valence-electron chi connectivity index (χ4n) is 1.68. The fraction of sp³-hybridized carbons (Fsp3) is 0.538. The van der Waals surface area contributed by atoms with Crippen LogP contribution < -0.4 is 10.1 Å². The number of ether oxygens (including phenoxy) is 1. The van der Waals surface area contributed by atoms with Crippen LogP contribution in [0.2, 0.25) is 0 Å². The van der Waals surface area contributed by atoms with Gasteiger partial charge in [-0.05, 0) is 32.8 Å². The van der Waals surface area contributed by atoms with Crippen molar-refractivity contribution in [1.29, 1.82) is 0 Å². The second kappa shape index (κ2) is 7.58. The molecule has 1 atom stereocenters. The van der Waals surface area contributed by atoms with Gasteiger partial charge in [-0.3, -0.25) is 10.1 Å². The molecule has 0 bridgehead atoms. The summed E-state index contributed by atoms with van der Waals surface area (Å²) >= 11 is 0. The van der Waals surface area contributed by atoms with E-state index in [9.17, 15) is 10.1 Å². The van der Waals surface area contributed by atoms with Crippen molar-refractivity contribution >= 4 is 11.4 Å². The lowest BCUT2D eigenvalue weighted by Crippen LogP contribution is -2.07. The summed E-state index contributed by atoms with van der Waals surface area (Å²) < 4.78 is 5.26. The Morgan fingerprint density at radius 3 is 2.84 bits per heavy atom. The number of anilines is 1. The molecule has 19 heavy (non-hydrogen) atoms. The second-order valence-corrected chi connectivity index (χ2v) is 4.29. The highest BCUT2D eigenvalue weighted by molar-refractivity contribution is 5.57. The number of hydrogen-bond donors (Lipinski definition) is 2. The van der Waals surface area contributed by atoms with E-state index in [0.717, 1.165) is 18.5 Å². The Morgan fingerprint density at radius 2 is 2.26 bits per heavy atom. The largest absolute Gasteiger partial charge is 0.487 e. The van der Waals surface area contributed by atoms with Gasteiger partial charge in [0.15, 0.2) is 5.75 Å². The number of nitro groups is 1. The van der Waals surface area contributed by atoms with E-state index in [1.807, 2.05) is 0 Å². The van der Waals surface area contributed by atoms with Gasteiger partial charge in [0, 0.05) is 24.4 Å². The molecule has 1 aromatic carbocycles. The Hall–Kier alpha value is -1.82. The van der Waals surface area contributed by atoms with Gasteiger partial charge in [-0.15, -0.1) is 0 Å². The number of aliphatic hydroxyl groups excluding tert-OH is 1. The molecule has 0 fully saturated rings. The Labute approximate surface area is 112 Å². The Bertz CT molecular complexity index is 421. The molecule has 0 heterocycles. The molecular weight excluding hydrogens is 248 g/mol. The standard InChI is InChI=1S/C13H20N2O4/c1-3-19-13-9-11(6-7-12(13)15(17)18)14-8-4-5-10(2)16/h6-7,9-10,14,16H,3-5,8H2,1-2H3. The number of hydrogen-bond acceptors (Lipinski definition) is 5. The molecule has 0 saturated heterocycles. The average Bonchev–Trinajstić information content (AvgIpc) is 2.35. The van der Waals surface area contributed by atoms with Crippen LogP contribution in [0.1, 0.15) is 26.7 Å². The summed E-state index contributed by atoms with van der Waals surface area (Å²) in [6, 6.07) is 4.72. The first-order valence-corrected chi connectivity index (χ1v) is 6.37. The van der Waals surface area contributed by atoms with E-state index in [1.54, 1.807) is 26.0 Å². The quantitative estimate of drug-likeness (QED) is 0.430. The SMILES string of the molecule is CCOc1cc(NCCCC(C)O)ccc1[N+](=O)[O-]. The van der Waals surface area contributed by atoms with Gasteiger partial charge < -0.3 is 15.2 Å². The van der Waals surface area contributed by atoms with E-state index in [1.165, 1.54) is 6.07 Å². The van der Waals surface area contributed by atoms with Crippen LogP contribution in [0.15, 0.2) is 18.2 Å². The molecule has 1 rings (SSSR count). The van der Waals surface area contributed by atoms with Gasteiger partial charge in [-0.1, -0.05) is 0 Å². The van der Waals surface area contributed by atoms with Crippen molar-refractivity contribution in [3.8, 4) is 5.75 Å². The second-order valence-electron chi connectivity index (χ2n) is 4.29. The third-order valence-corrected chi connectivity index (χ3v) is 2.58. The molecule has 0 aromatic heterocycles. The van der Waals surface area contributed by atoms with Gasteiger partial charge in [-0.25, -0.2) is 0 Å². The Kier molecular flexibility index (Phi) is 6.08. The van der Waals surface area contributed by atoms with Crippen LogP contribution in [-0.2, 0) is 0 Å². The van der Waals surface area contributed by atoms with E-state index in [4.69, 9.17) is 9.84 Å². The summed E-state index contributed by atoms with van der Waals surface area (Å²) in [6.45, 7) is 4.62. The normalized spacial score (nSPS) is 11.9. The Morgan fingerprint density at radius 1 is 1.53 bits per heavy atom. The van der Waals surface area contributed by atoms with Crippen molar-refractivity contribution in [2.75, 3.05) is 18.5 Å². The zero-order valence-corrected chi connectivity index (χ0v) is 11.3. The van der Waals surface area contributed by atoms with E-state index in [-0.39, 0.29) is 17.5 Å². The molecule has 0 radical (unpaired) electrons. The zero-order chi connectivity index (χ0) is 14.3. The maximum Gasteiger partial charge on any atom is 0.311 e. The lowest BCUT2D eigenvalue weighted by Gasteiger charge is -2.10. The van der Waals surface area contributed by atoms with Crippen LogP contribution in [0.5, 0.6) is 5.75 Å². The van der Waals surface area contributed by atoms with Crippen LogP contribution in [0, 0.1) is 10.1 Å². The number of rotatable bonds is 8. The van der Waals surface area contributed by atoms with E-state index in [2.05, 4.69) is 5.32 Å². The maximum atomic E-state index is 10.8. The first-order valence-electron chi connectivity index (χ1n) is 6.37. The first kappa shape index (κ1) is 15.2. The summed E-state index contributed by atoms with van der Waals surface area (Å²) in [5.74, 6) is 0.271. The molecule has 0 saturated carbocycles. The molecule has 1 aromatic rings. The summed E-state index contributed by atoms with van der Waals surface area (Å²) in [5, 5.41) is 23.1. The molecule has 2 N–H and O–H groups in total. The van der Waals surface area contributed by atoms with Gasteiger partial charge >= 0.3 is 5.69 Å². The highest BCUT2D eigenvalue weighted by atomic mass is 16.6. The van der Waals surface area contributed by atoms with Crippen molar-refractivity contribution in [3.05, 3.63) is 28.3 Å². The number of nitrogens with zero attached hydrogens (tertiary/aromatic N) is 1. The van der Waals surface area contributed by atoms with Gasteiger partial charge in [0.1, 0.15) is 0 Å². The Balaban J connectivity index is 2.64. The lowest BCUT2D eigenvalue weighted by atomic mass is 10.2. The highest BCUT2D eigenvalue weighted by Gasteiger charge is 2.15. The van der Waals surface area contributed by atoms with E-state index < -0.39 is 4.92 Å². The number of benzene rings is 1. The summed E-state index contributed by atoms with van der Waals surface area (Å²) in [4.78, 5) is 10.4. The van der Waals surface area contributed by atoms with Crippen molar-refractivity contribution in [1.82, 2.24) is 0 Å². The molecule has 0 aliphatic rings. The van der Waals surface area contributed by atoms with Crippen molar-refractivity contribution < 1.29 is 14.8 Å². The van der Waals surface area contributed by atoms with E-state index >= 15 is 0 Å². The third-order valence-electron chi connectivity index (χ3n) is 2.58. The molecule has 0 spiro atoms. The third kappa shape index (κ3) is 5.13. The minimum absolute atomic E-state index is 0.0311.